The number of amides is 1. The van der Waals surface area contributed by atoms with E-state index < -0.39 is 11.9 Å². The Kier molecular flexibility index (Phi) is 6.60. The van der Waals surface area contributed by atoms with Crippen molar-refractivity contribution in [3.05, 3.63) is 35.9 Å². The fourth-order valence-corrected chi connectivity index (χ4v) is 1.67. The molecule has 0 aliphatic heterocycles. The number of carbonyl (C=O) groups is 2. The Morgan fingerprint density at radius 2 is 2.00 bits per heavy atom. The van der Waals surface area contributed by atoms with E-state index in [9.17, 15) is 9.59 Å². The van der Waals surface area contributed by atoms with Crippen LogP contribution in [0.3, 0.4) is 0 Å². The molecule has 1 aromatic carbocycles. The number of carboxylic acids is 1. The van der Waals surface area contributed by atoms with Crippen molar-refractivity contribution in [2.24, 2.45) is 5.92 Å². The minimum atomic E-state index is -0.907. The highest BCUT2D eigenvalue weighted by Gasteiger charge is 2.18. The third kappa shape index (κ3) is 6.01. The van der Waals surface area contributed by atoms with Gasteiger partial charge in [-0.25, -0.2) is 0 Å². The number of carbonyl (C=O) groups excluding carboxylic acids is 1. The van der Waals surface area contributed by atoms with Crippen molar-refractivity contribution in [2.45, 2.75) is 12.8 Å². The molecule has 0 spiro atoms. The highest BCUT2D eigenvalue weighted by Crippen LogP contribution is 2.08. The molecule has 5 heteroatoms. The number of nitrogens with one attached hydrogen (secondary N) is 1. The van der Waals surface area contributed by atoms with Crippen LogP contribution < -0.4 is 5.32 Å². The quantitative estimate of drug-likeness (QED) is 0.737. The molecule has 1 rings (SSSR count). The zero-order chi connectivity index (χ0) is 14.1. The third-order valence-electron chi connectivity index (χ3n) is 2.75. The van der Waals surface area contributed by atoms with Crippen molar-refractivity contribution in [3.8, 4) is 0 Å². The van der Waals surface area contributed by atoms with Crippen molar-refractivity contribution in [3.63, 3.8) is 0 Å². The van der Waals surface area contributed by atoms with Crippen LogP contribution in [0.15, 0.2) is 30.3 Å². The number of aliphatic carboxylic acids is 1. The first kappa shape index (κ1) is 15.2. The van der Waals surface area contributed by atoms with Gasteiger partial charge in [0.25, 0.3) is 0 Å². The van der Waals surface area contributed by atoms with E-state index in [-0.39, 0.29) is 18.9 Å². The predicted octanol–water partition coefficient (Wildman–Crippen LogP) is 1.08. The molecule has 0 bridgehead atoms. The van der Waals surface area contributed by atoms with E-state index in [0.29, 0.717) is 13.0 Å². The molecule has 0 fully saturated rings. The summed E-state index contributed by atoms with van der Waals surface area (Å²) >= 11 is 0. The molecular weight excluding hydrogens is 246 g/mol. The van der Waals surface area contributed by atoms with Gasteiger partial charge in [-0.1, -0.05) is 30.3 Å². The maximum Gasteiger partial charge on any atom is 0.308 e. The summed E-state index contributed by atoms with van der Waals surface area (Å²) in [5.74, 6) is -1.72. The van der Waals surface area contributed by atoms with Gasteiger partial charge in [0.15, 0.2) is 0 Å². The Balaban J connectivity index is 2.45. The van der Waals surface area contributed by atoms with Crippen molar-refractivity contribution < 1.29 is 19.4 Å². The molecule has 104 valence electrons. The van der Waals surface area contributed by atoms with Crippen LogP contribution in [0.25, 0.3) is 0 Å². The van der Waals surface area contributed by atoms with Crippen LogP contribution in [-0.4, -0.2) is 37.2 Å². The second-order valence-corrected chi connectivity index (χ2v) is 4.27. The maximum atomic E-state index is 11.4. The van der Waals surface area contributed by atoms with Crippen LogP contribution in [-0.2, 0) is 20.7 Å². The van der Waals surface area contributed by atoms with Crippen LogP contribution in [0.1, 0.15) is 12.0 Å². The molecule has 1 unspecified atom stereocenters. The zero-order valence-corrected chi connectivity index (χ0v) is 11.0. The predicted molar refractivity (Wildman–Crippen MR) is 70.8 cm³/mol. The number of ether oxygens (including phenoxy) is 1. The van der Waals surface area contributed by atoms with Crippen molar-refractivity contribution in [1.29, 1.82) is 0 Å². The van der Waals surface area contributed by atoms with Gasteiger partial charge in [0.05, 0.1) is 12.5 Å². The Morgan fingerprint density at radius 3 is 2.58 bits per heavy atom. The molecule has 5 nitrogen and oxygen atoms in total. The van der Waals surface area contributed by atoms with E-state index in [1.807, 2.05) is 30.3 Å². The minimum Gasteiger partial charge on any atom is -0.481 e. The van der Waals surface area contributed by atoms with Crippen molar-refractivity contribution >= 4 is 11.9 Å². The minimum absolute atomic E-state index is 0.132. The highest BCUT2D eigenvalue weighted by molar-refractivity contribution is 5.77. The van der Waals surface area contributed by atoms with Crippen LogP contribution in [0, 0.1) is 5.92 Å². The molecule has 1 aromatic rings. The molecule has 0 saturated carbocycles. The molecule has 1 atom stereocenters. The van der Waals surface area contributed by atoms with Gasteiger partial charge in [-0.15, -0.1) is 0 Å². The number of rotatable bonds is 8. The van der Waals surface area contributed by atoms with Crippen LogP contribution in [0.5, 0.6) is 0 Å². The van der Waals surface area contributed by atoms with E-state index in [2.05, 4.69) is 5.32 Å². The summed E-state index contributed by atoms with van der Waals surface area (Å²) < 4.78 is 4.79. The van der Waals surface area contributed by atoms with Crippen LogP contribution >= 0.6 is 0 Å². The summed E-state index contributed by atoms with van der Waals surface area (Å²) in [7, 11) is 1.52. The molecular formula is C14H19NO4. The first-order chi connectivity index (χ1) is 9.13. The smallest absolute Gasteiger partial charge is 0.308 e. The standard InChI is InChI=1S/C14H19NO4/c1-19-8-7-13(16)15-10-12(14(17)18)9-11-5-3-2-4-6-11/h2-6,12H,7-10H2,1H3,(H,15,16)(H,17,18). The number of carboxylic acid groups (broad SMARTS) is 1. The Labute approximate surface area is 112 Å². The topological polar surface area (TPSA) is 75.6 Å². The Hall–Kier alpha value is -1.88. The summed E-state index contributed by atoms with van der Waals surface area (Å²) in [6, 6.07) is 9.37. The number of hydrogen-bond acceptors (Lipinski definition) is 3. The van der Waals surface area contributed by atoms with Gasteiger partial charge in [-0.3, -0.25) is 9.59 Å². The number of benzene rings is 1. The van der Waals surface area contributed by atoms with Gasteiger partial charge in [-0.05, 0) is 12.0 Å². The first-order valence-corrected chi connectivity index (χ1v) is 6.16. The molecule has 19 heavy (non-hydrogen) atoms. The number of hydrogen-bond donors (Lipinski definition) is 2. The lowest BCUT2D eigenvalue weighted by molar-refractivity contribution is -0.141. The summed E-state index contributed by atoms with van der Waals surface area (Å²) in [5, 5.41) is 11.8. The van der Waals surface area contributed by atoms with Crippen molar-refractivity contribution in [1.82, 2.24) is 5.32 Å². The summed E-state index contributed by atoms with van der Waals surface area (Å²) in [5.41, 5.74) is 0.945. The zero-order valence-electron chi connectivity index (χ0n) is 11.0. The van der Waals surface area contributed by atoms with E-state index >= 15 is 0 Å². The van der Waals surface area contributed by atoms with Gasteiger partial charge < -0.3 is 15.2 Å². The summed E-state index contributed by atoms with van der Waals surface area (Å²) in [6.07, 6.45) is 0.648. The first-order valence-electron chi connectivity index (χ1n) is 6.16. The van der Waals surface area contributed by atoms with Crippen LogP contribution in [0.2, 0.25) is 0 Å². The molecule has 0 heterocycles. The Morgan fingerprint density at radius 1 is 1.32 bits per heavy atom. The SMILES string of the molecule is COCCC(=O)NCC(Cc1ccccc1)C(=O)O. The van der Waals surface area contributed by atoms with Gasteiger partial charge in [0.2, 0.25) is 5.91 Å². The molecule has 0 aromatic heterocycles. The average Bonchev–Trinajstić information content (AvgIpc) is 2.41. The molecule has 0 aliphatic rings. The Bertz CT molecular complexity index is 405. The number of methoxy groups -OCH3 is 1. The molecule has 0 radical (unpaired) electrons. The second kappa shape index (κ2) is 8.26. The largest absolute Gasteiger partial charge is 0.481 e. The van der Waals surface area contributed by atoms with Gasteiger partial charge >= 0.3 is 5.97 Å². The monoisotopic (exact) mass is 265 g/mol. The van der Waals surface area contributed by atoms with E-state index in [1.165, 1.54) is 7.11 Å². The van der Waals surface area contributed by atoms with E-state index in [1.54, 1.807) is 0 Å². The van der Waals surface area contributed by atoms with Crippen molar-refractivity contribution in [2.75, 3.05) is 20.3 Å². The van der Waals surface area contributed by atoms with Gasteiger partial charge in [-0.2, -0.15) is 0 Å². The molecule has 0 aliphatic carbocycles. The summed E-state index contributed by atoms with van der Waals surface area (Å²) in [4.78, 5) is 22.6. The van der Waals surface area contributed by atoms with E-state index in [4.69, 9.17) is 9.84 Å². The lowest BCUT2D eigenvalue weighted by Gasteiger charge is -2.13. The average molecular weight is 265 g/mol. The summed E-state index contributed by atoms with van der Waals surface area (Å²) in [6.45, 7) is 0.467. The lowest BCUT2D eigenvalue weighted by Crippen LogP contribution is -2.34. The molecule has 1 amide bonds. The maximum absolute atomic E-state index is 11.4. The second-order valence-electron chi connectivity index (χ2n) is 4.27. The van der Waals surface area contributed by atoms with Gasteiger partial charge in [0.1, 0.15) is 0 Å². The highest BCUT2D eigenvalue weighted by atomic mass is 16.5. The van der Waals surface area contributed by atoms with E-state index in [0.717, 1.165) is 5.56 Å². The van der Waals surface area contributed by atoms with Crippen LogP contribution in [0.4, 0.5) is 0 Å². The fraction of sp³-hybridized carbons (Fsp3) is 0.429. The normalized spacial score (nSPS) is 11.8. The molecule has 2 N–H and O–H groups in total. The third-order valence-corrected chi connectivity index (χ3v) is 2.75. The lowest BCUT2D eigenvalue weighted by atomic mass is 9.99. The molecule has 0 saturated heterocycles. The fourth-order valence-electron chi connectivity index (χ4n) is 1.67. The van der Waals surface area contributed by atoms with Gasteiger partial charge in [0, 0.05) is 20.1 Å².